The molecule has 0 bridgehead atoms. The number of hydrogen-bond donors (Lipinski definition) is 2. The first-order chi connectivity index (χ1) is 7.97. The summed E-state index contributed by atoms with van der Waals surface area (Å²) in [7, 11) is -3.07. The highest BCUT2D eigenvalue weighted by molar-refractivity contribution is 7.86. The molecule has 5 nitrogen and oxygen atoms in total. The van der Waals surface area contributed by atoms with E-state index in [0.717, 1.165) is 13.2 Å². The molecule has 2 N–H and O–H groups in total. The van der Waals surface area contributed by atoms with Crippen LogP contribution >= 0.6 is 0 Å². The lowest BCUT2D eigenvalue weighted by Gasteiger charge is -2.09. The fourth-order valence-corrected chi connectivity index (χ4v) is 2.38. The van der Waals surface area contributed by atoms with Crippen LogP contribution in [0.4, 0.5) is 0 Å². The molecule has 0 aliphatic heterocycles. The minimum Gasteiger partial charge on any atom is -0.507 e. The van der Waals surface area contributed by atoms with E-state index in [1.165, 1.54) is 6.07 Å². The van der Waals surface area contributed by atoms with Gasteiger partial charge in [-0.2, -0.15) is 8.42 Å². The van der Waals surface area contributed by atoms with Crippen LogP contribution in [0.15, 0.2) is 35.2 Å². The number of rotatable bonds is 2. The van der Waals surface area contributed by atoms with Gasteiger partial charge < -0.3 is 10.2 Å². The van der Waals surface area contributed by atoms with Gasteiger partial charge in [-0.25, -0.2) is 0 Å². The van der Waals surface area contributed by atoms with E-state index in [0.29, 0.717) is 5.39 Å². The highest BCUT2D eigenvalue weighted by Crippen LogP contribution is 2.37. The molecule has 17 heavy (non-hydrogen) atoms. The minimum absolute atomic E-state index is 0.228. The second-order valence-corrected chi connectivity index (χ2v) is 5.09. The normalized spacial score (nSPS) is 11.8. The van der Waals surface area contributed by atoms with E-state index in [4.69, 9.17) is 0 Å². The Morgan fingerprint density at radius 3 is 2.29 bits per heavy atom. The number of aromatic hydroxyl groups is 2. The van der Waals surface area contributed by atoms with E-state index in [1.54, 1.807) is 18.2 Å². The quantitative estimate of drug-likeness (QED) is 0.628. The van der Waals surface area contributed by atoms with Crippen molar-refractivity contribution < 1.29 is 22.8 Å². The van der Waals surface area contributed by atoms with E-state index >= 15 is 0 Å². The number of phenols is 2. The lowest BCUT2D eigenvalue weighted by atomic mass is 10.1. The minimum atomic E-state index is -4.05. The van der Waals surface area contributed by atoms with Gasteiger partial charge in [0.05, 0.1) is 7.11 Å². The van der Waals surface area contributed by atoms with Gasteiger partial charge in [0.2, 0.25) is 0 Å². The molecule has 2 rings (SSSR count). The summed E-state index contributed by atoms with van der Waals surface area (Å²) >= 11 is 0. The van der Waals surface area contributed by atoms with Crippen LogP contribution in [0.25, 0.3) is 10.8 Å². The zero-order valence-electron chi connectivity index (χ0n) is 8.91. The molecule has 0 spiro atoms. The molecule has 0 aliphatic carbocycles. The summed E-state index contributed by atoms with van der Waals surface area (Å²) in [6, 6.07) is 7.36. The van der Waals surface area contributed by atoms with Crippen LogP contribution in [0.2, 0.25) is 0 Å². The van der Waals surface area contributed by atoms with Gasteiger partial charge in [0.25, 0.3) is 0 Å². The van der Waals surface area contributed by atoms with Crippen LogP contribution in [-0.2, 0) is 14.3 Å². The molecule has 0 fully saturated rings. The van der Waals surface area contributed by atoms with Crippen LogP contribution in [0.1, 0.15) is 0 Å². The average Bonchev–Trinajstić information content (AvgIpc) is 2.33. The van der Waals surface area contributed by atoms with Crippen molar-refractivity contribution in [3.63, 3.8) is 0 Å². The smallest absolute Gasteiger partial charge is 0.300 e. The highest BCUT2D eigenvalue weighted by atomic mass is 32.2. The van der Waals surface area contributed by atoms with Crippen molar-refractivity contribution >= 4 is 20.9 Å². The van der Waals surface area contributed by atoms with Crippen LogP contribution in [0.5, 0.6) is 11.5 Å². The summed E-state index contributed by atoms with van der Waals surface area (Å²) in [6.07, 6.45) is 0. The van der Waals surface area contributed by atoms with E-state index in [1.807, 2.05) is 0 Å². The Kier molecular flexibility index (Phi) is 2.68. The molecule has 0 unspecified atom stereocenters. The van der Waals surface area contributed by atoms with Crippen molar-refractivity contribution in [1.29, 1.82) is 0 Å². The maximum atomic E-state index is 11.5. The predicted molar refractivity (Wildman–Crippen MR) is 61.5 cm³/mol. The Bertz CT molecular complexity index is 676. The first-order valence-electron chi connectivity index (χ1n) is 4.71. The number of phenolic OH excluding ortho intramolecular Hbond substituents is 2. The van der Waals surface area contributed by atoms with Gasteiger partial charge in [0.1, 0.15) is 16.4 Å². The van der Waals surface area contributed by atoms with Gasteiger partial charge >= 0.3 is 10.1 Å². The Morgan fingerprint density at radius 1 is 1.12 bits per heavy atom. The van der Waals surface area contributed by atoms with Gasteiger partial charge in [-0.15, -0.1) is 0 Å². The first-order valence-corrected chi connectivity index (χ1v) is 6.12. The van der Waals surface area contributed by atoms with Crippen molar-refractivity contribution in [3.8, 4) is 11.5 Å². The zero-order valence-corrected chi connectivity index (χ0v) is 9.73. The maximum Gasteiger partial charge on any atom is 0.300 e. The van der Waals surface area contributed by atoms with E-state index < -0.39 is 20.8 Å². The third kappa shape index (κ3) is 1.81. The van der Waals surface area contributed by atoms with Crippen molar-refractivity contribution in [2.75, 3.05) is 7.11 Å². The third-order valence-electron chi connectivity index (χ3n) is 2.45. The molecule has 0 aliphatic rings. The topological polar surface area (TPSA) is 83.8 Å². The van der Waals surface area contributed by atoms with Gasteiger partial charge in [-0.3, -0.25) is 4.18 Å². The van der Waals surface area contributed by atoms with Gasteiger partial charge in [-0.1, -0.05) is 24.3 Å². The lowest BCUT2D eigenvalue weighted by Crippen LogP contribution is -2.03. The maximum absolute atomic E-state index is 11.5. The van der Waals surface area contributed by atoms with E-state index in [-0.39, 0.29) is 11.1 Å². The van der Waals surface area contributed by atoms with Crippen molar-refractivity contribution in [2.45, 2.75) is 4.90 Å². The molecule has 2 aromatic carbocycles. The summed E-state index contributed by atoms with van der Waals surface area (Å²) < 4.78 is 27.4. The Labute approximate surface area is 98.0 Å². The number of fused-ring (bicyclic) bond motifs is 1. The summed E-state index contributed by atoms with van der Waals surface area (Å²) in [6.45, 7) is 0. The Hall–Kier alpha value is -1.79. The van der Waals surface area contributed by atoms with Gasteiger partial charge in [-0.05, 0) is 0 Å². The number of benzene rings is 2. The predicted octanol–water partition coefficient (Wildman–Crippen LogP) is 1.59. The van der Waals surface area contributed by atoms with Crippen molar-refractivity contribution in [3.05, 3.63) is 30.3 Å². The largest absolute Gasteiger partial charge is 0.507 e. The molecule has 90 valence electrons. The molecule has 0 atom stereocenters. The molecule has 2 aromatic rings. The third-order valence-corrected chi connectivity index (χ3v) is 3.74. The summed E-state index contributed by atoms with van der Waals surface area (Å²) in [5.41, 5.74) is 0. The summed E-state index contributed by atoms with van der Waals surface area (Å²) in [5.74, 6) is -0.658. The molecule has 0 saturated heterocycles. The fraction of sp³-hybridized carbons (Fsp3) is 0.0909. The van der Waals surface area contributed by atoms with Crippen molar-refractivity contribution in [1.82, 2.24) is 0 Å². The lowest BCUT2D eigenvalue weighted by molar-refractivity contribution is 0.389. The SMILES string of the molecule is COS(=O)(=O)c1cc(O)c2ccccc2c1O. The molecule has 0 heterocycles. The van der Waals surface area contributed by atoms with Crippen LogP contribution in [0.3, 0.4) is 0 Å². The Balaban J connectivity index is 2.90. The Morgan fingerprint density at radius 2 is 1.71 bits per heavy atom. The van der Waals surface area contributed by atoms with Gasteiger partial charge in [0.15, 0.2) is 0 Å². The van der Waals surface area contributed by atoms with Crippen LogP contribution in [0, 0.1) is 0 Å². The molecular weight excluding hydrogens is 244 g/mol. The van der Waals surface area contributed by atoms with E-state index in [9.17, 15) is 18.6 Å². The average molecular weight is 254 g/mol. The monoisotopic (exact) mass is 254 g/mol. The number of hydrogen-bond acceptors (Lipinski definition) is 5. The first kappa shape index (κ1) is 11.7. The van der Waals surface area contributed by atoms with Crippen LogP contribution in [-0.4, -0.2) is 25.7 Å². The standard InChI is InChI=1S/C11H10O5S/c1-16-17(14,15)10-6-9(12)7-4-2-3-5-8(7)11(10)13/h2-6,12-13H,1H3. The molecule has 0 radical (unpaired) electrons. The molecule has 0 saturated carbocycles. The fourth-order valence-electron chi connectivity index (χ4n) is 1.60. The summed E-state index contributed by atoms with van der Waals surface area (Å²) in [5, 5.41) is 20.2. The molecule has 6 heteroatoms. The van der Waals surface area contributed by atoms with Gasteiger partial charge in [0, 0.05) is 16.8 Å². The molecule has 0 amide bonds. The zero-order chi connectivity index (χ0) is 12.6. The van der Waals surface area contributed by atoms with Crippen LogP contribution < -0.4 is 0 Å². The molecule has 0 aromatic heterocycles. The molecular formula is C11H10O5S. The second kappa shape index (κ2) is 3.90. The summed E-state index contributed by atoms with van der Waals surface area (Å²) in [4.78, 5) is -0.448. The second-order valence-electron chi connectivity index (χ2n) is 3.41. The van der Waals surface area contributed by atoms with Crippen molar-refractivity contribution in [2.24, 2.45) is 0 Å². The van der Waals surface area contributed by atoms with E-state index in [2.05, 4.69) is 4.18 Å². The highest BCUT2D eigenvalue weighted by Gasteiger charge is 2.22.